The highest BCUT2D eigenvalue weighted by atomic mass is 16.5. The van der Waals surface area contributed by atoms with Gasteiger partial charge in [-0.25, -0.2) is 0 Å². The molecule has 1 aromatic rings. The number of ether oxygens (including phenoxy) is 1. The molecule has 0 aliphatic carbocycles. The first kappa shape index (κ1) is 13.6. The third-order valence-electron chi connectivity index (χ3n) is 4.90. The number of benzene rings is 1. The molecule has 2 bridgehead atoms. The Morgan fingerprint density at radius 2 is 2.18 bits per heavy atom. The van der Waals surface area contributed by atoms with E-state index in [0.29, 0.717) is 18.7 Å². The van der Waals surface area contributed by atoms with Crippen LogP contribution in [0.25, 0.3) is 0 Å². The zero-order valence-corrected chi connectivity index (χ0v) is 12.5. The Morgan fingerprint density at radius 3 is 3.05 bits per heavy atom. The molecule has 0 radical (unpaired) electrons. The molecule has 5 rings (SSSR count). The van der Waals surface area contributed by atoms with Crippen LogP contribution in [0.1, 0.15) is 35.2 Å². The lowest BCUT2D eigenvalue weighted by Gasteiger charge is -2.23. The van der Waals surface area contributed by atoms with Crippen molar-refractivity contribution in [1.82, 2.24) is 10.2 Å². The highest BCUT2D eigenvalue weighted by Gasteiger charge is 2.36. The maximum atomic E-state index is 12.8. The van der Waals surface area contributed by atoms with Gasteiger partial charge in [-0.3, -0.25) is 9.59 Å². The van der Waals surface area contributed by atoms with E-state index >= 15 is 0 Å². The minimum absolute atomic E-state index is 0.0294. The molecule has 0 unspecified atom stereocenters. The highest BCUT2D eigenvalue weighted by molar-refractivity contribution is 5.95. The van der Waals surface area contributed by atoms with Gasteiger partial charge in [0.1, 0.15) is 5.75 Å². The summed E-state index contributed by atoms with van der Waals surface area (Å²) in [6.07, 6.45) is 3.81. The van der Waals surface area contributed by atoms with Crippen LogP contribution in [0.2, 0.25) is 0 Å². The minimum atomic E-state index is -0.0522. The molecule has 3 saturated heterocycles. The number of amides is 2. The number of piperidine rings is 1. The van der Waals surface area contributed by atoms with Crippen LogP contribution in [0.3, 0.4) is 0 Å². The van der Waals surface area contributed by atoms with Crippen molar-refractivity contribution >= 4 is 11.8 Å². The van der Waals surface area contributed by atoms with Gasteiger partial charge in [-0.1, -0.05) is 0 Å². The first-order valence-corrected chi connectivity index (χ1v) is 8.06. The van der Waals surface area contributed by atoms with Crippen LogP contribution >= 0.6 is 0 Å². The summed E-state index contributed by atoms with van der Waals surface area (Å²) in [4.78, 5) is 26.6. The summed E-state index contributed by atoms with van der Waals surface area (Å²) in [6, 6.07) is 5.81. The van der Waals surface area contributed by atoms with Gasteiger partial charge >= 0.3 is 0 Å². The number of nitrogens with one attached hydrogen (secondary N) is 1. The lowest BCUT2D eigenvalue weighted by molar-refractivity contribution is -0.126. The lowest BCUT2D eigenvalue weighted by Crippen LogP contribution is -2.43. The number of hydrogen-bond acceptors (Lipinski definition) is 3. The predicted octanol–water partition coefficient (Wildman–Crippen LogP) is 1.36. The van der Waals surface area contributed by atoms with Crippen molar-refractivity contribution in [2.45, 2.75) is 31.7 Å². The molecule has 0 saturated carbocycles. The fourth-order valence-corrected chi connectivity index (χ4v) is 3.68. The van der Waals surface area contributed by atoms with E-state index < -0.39 is 0 Å². The number of hydrogen-bond donors (Lipinski definition) is 1. The fraction of sp³-hybridized carbons (Fsp3) is 0.529. The Kier molecular flexibility index (Phi) is 3.28. The first-order valence-electron chi connectivity index (χ1n) is 8.06. The van der Waals surface area contributed by atoms with E-state index in [4.69, 9.17) is 4.74 Å². The molecule has 22 heavy (non-hydrogen) atoms. The second-order valence-corrected chi connectivity index (χ2v) is 6.46. The van der Waals surface area contributed by atoms with Crippen molar-refractivity contribution in [3.05, 3.63) is 29.3 Å². The van der Waals surface area contributed by atoms with Crippen LogP contribution < -0.4 is 10.1 Å². The number of rotatable bonds is 1. The average molecular weight is 300 g/mol. The molecule has 116 valence electrons. The van der Waals surface area contributed by atoms with Crippen LogP contribution in [-0.4, -0.2) is 42.5 Å². The Bertz CT molecular complexity index is 628. The van der Waals surface area contributed by atoms with E-state index in [1.54, 1.807) is 0 Å². The molecular weight excluding hydrogens is 280 g/mol. The van der Waals surface area contributed by atoms with E-state index in [1.165, 1.54) is 0 Å². The van der Waals surface area contributed by atoms with Gasteiger partial charge in [-0.05, 0) is 49.4 Å². The van der Waals surface area contributed by atoms with Crippen LogP contribution in [-0.2, 0) is 11.2 Å². The fourth-order valence-electron chi connectivity index (χ4n) is 3.68. The van der Waals surface area contributed by atoms with E-state index in [9.17, 15) is 9.59 Å². The maximum absolute atomic E-state index is 12.8. The van der Waals surface area contributed by atoms with Gasteiger partial charge in [-0.15, -0.1) is 0 Å². The molecular formula is C17H20N2O3. The van der Waals surface area contributed by atoms with Crippen molar-refractivity contribution in [3.63, 3.8) is 0 Å². The van der Waals surface area contributed by atoms with Crippen LogP contribution in [0.4, 0.5) is 0 Å². The summed E-state index contributed by atoms with van der Waals surface area (Å²) in [6.45, 7) is 1.91. The monoisotopic (exact) mass is 300 g/mol. The molecule has 1 aromatic carbocycles. The first-order chi connectivity index (χ1) is 10.7. The zero-order chi connectivity index (χ0) is 15.1. The maximum Gasteiger partial charge on any atom is 0.253 e. The van der Waals surface area contributed by atoms with Crippen molar-refractivity contribution < 1.29 is 14.3 Å². The predicted molar refractivity (Wildman–Crippen MR) is 80.8 cm³/mol. The largest absolute Gasteiger partial charge is 0.493 e. The summed E-state index contributed by atoms with van der Waals surface area (Å²) < 4.78 is 5.60. The van der Waals surface area contributed by atoms with Gasteiger partial charge < -0.3 is 15.0 Å². The molecule has 5 heteroatoms. The third-order valence-corrected chi connectivity index (χ3v) is 4.90. The molecule has 3 fully saturated rings. The van der Waals surface area contributed by atoms with E-state index in [2.05, 4.69) is 5.32 Å². The number of carbonyl (C=O) groups excluding carboxylic acids is 2. The summed E-state index contributed by atoms with van der Waals surface area (Å²) in [5, 5.41) is 3.01. The van der Waals surface area contributed by atoms with Gasteiger partial charge in [0, 0.05) is 24.7 Å². The molecule has 0 aromatic heterocycles. The summed E-state index contributed by atoms with van der Waals surface area (Å²) in [5.41, 5.74) is 1.82. The molecule has 4 aliphatic rings. The van der Waals surface area contributed by atoms with Gasteiger partial charge in [0.25, 0.3) is 5.91 Å². The number of nitrogens with zero attached hydrogens (tertiary/aromatic N) is 1. The van der Waals surface area contributed by atoms with Crippen molar-refractivity contribution in [2.24, 2.45) is 5.92 Å². The Morgan fingerprint density at radius 1 is 1.27 bits per heavy atom. The van der Waals surface area contributed by atoms with Crippen LogP contribution in [0.5, 0.6) is 5.75 Å². The van der Waals surface area contributed by atoms with Gasteiger partial charge in [-0.2, -0.15) is 0 Å². The molecule has 4 aliphatic heterocycles. The molecule has 0 spiro atoms. The Balaban J connectivity index is 1.58. The van der Waals surface area contributed by atoms with Crippen molar-refractivity contribution in [2.75, 3.05) is 19.7 Å². The second-order valence-electron chi connectivity index (χ2n) is 6.46. The quantitative estimate of drug-likeness (QED) is 0.852. The van der Waals surface area contributed by atoms with Crippen LogP contribution in [0.15, 0.2) is 18.2 Å². The van der Waals surface area contributed by atoms with Crippen LogP contribution in [0, 0.1) is 5.92 Å². The Labute approximate surface area is 129 Å². The summed E-state index contributed by atoms with van der Waals surface area (Å²) in [5.74, 6) is 0.978. The van der Waals surface area contributed by atoms with Gasteiger partial charge in [0.05, 0.1) is 12.5 Å². The number of aryl methyl sites for hydroxylation is 1. The third kappa shape index (κ3) is 2.34. The highest BCUT2D eigenvalue weighted by Crippen LogP contribution is 2.28. The topological polar surface area (TPSA) is 58.6 Å². The zero-order valence-electron chi connectivity index (χ0n) is 12.5. The lowest BCUT2D eigenvalue weighted by atomic mass is 9.96. The van der Waals surface area contributed by atoms with Crippen molar-refractivity contribution in [1.29, 1.82) is 0 Å². The Hall–Kier alpha value is -2.04. The molecule has 4 heterocycles. The normalized spacial score (nSPS) is 26.7. The SMILES string of the molecule is O=C1N[C@H]2CC[C@@H]1CN(C(=O)c1ccc3c(c1)CCCO3)C2. The van der Waals surface area contributed by atoms with Gasteiger partial charge in [0.15, 0.2) is 0 Å². The number of carbonyl (C=O) groups is 2. The van der Waals surface area contributed by atoms with E-state index in [-0.39, 0.29) is 23.8 Å². The van der Waals surface area contributed by atoms with E-state index in [0.717, 1.165) is 43.6 Å². The smallest absolute Gasteiger partial charge is 0.253 e. The number of fused-ring (bicyclic) bond motifs is 5. The second kappa shape index (κ2) is 5.30. The molecule has 5 nitrogen and oxygen atoms in total. The summed E-state index contributed by atoms with van der Waals surface area (Å²) in [7, 11) is 0. The van der Waals surface area contributed by atoms with Crippen molar-refractivity contribution in [3.8, 4) is 5.75 Å². The molecule has 2 amide bonds. The minimum Gasteiger partial charge on any atom is -0.493 e. The molecule has 1 N–H and O–H groups in total. The average Bonchev–Trinajstić information content (AvgIpc) is 2.85. The summed E-state index contributed by atoms with van der Waals surface area (Å²) >= 11 is 0. The standard InChI is InChI=1S/C17H20N2O3/c20-16-13-3-5-14(18-16)10-19(9-13)17(21)12-4-6-15-11(8-12)2-1-7-22-15/h4,6,8,13-14H,1-3,5,7,9-10H2,(H,18,20)/t13-,14+/m1/s1. The van der Waals surface area contributed by atoms with E-state index in [1.807, 2.05) is 23.1 Å². The van der Waals surface area contributed by atoms with Gasteiger partial charge in [0.2, 0.25) is 5.91 Å². The molecule has 2 atom stereocenters.